The average Bonchev–Trinajstić information content (AvgIpc) is 2.78. The molecule has 1 N–H and O–H groups in total. The van der Waals surface area contributed by atoms with E-state index in [-0.39, 0.29) is 0 Å². The lowest BCUT2D eigenvalue weighted by Gasteiger charge is -2.19. The molecule has 1 nitrogen and oxygen atoms in total. The van der Waals surface area contributed by atoms with Crippen molar-refractivity contribution in [1.29, 1.82) is 0 Å². The van der Waals surface area contributed by atoms with E-state index in [4.69, 9.17) is 11.6 Å². The zero-order valence-electron chi connectivity index (χ0n) is 10.8. The van der Waals surface area contributed by atoms with Gasteiger partial charge in [0.2, 0.25) is 0 Å². The standard InChI is InChI=1S/C16H16ClNS/c1-18-16-14-5-3-2-4-11(14)10-15(16)19-13-8-6-12(17)7-9-13/h2-9,15-16,18H,10H2,1H3. The van der Waals surface area contributed by atoms with Gasteiger partial charge in [-0.05, 0) is 48.9 Å². The zero-order valence-corrected chi connectivity index (χ0v) is 12.3. The van der Waals surface area contributed by atoms with E-state index in [1.807, 2.05) is 30.9 Å². The van der Waals surface area contributed by atoms with Crippen LogP contribution >= 0.6 is 23.4 Å². The molecule has 3 heteroatoms. The summed E-state index contributed by atoms with van der Waals surface area (Å²) < 4.78 is 0. The second kappa shape index (κ2) is 5.58. The summed E-state index contributed by atoms with van der Waals surface area (Å²) in [7, 11) is 2.04. The molecule has 2 aromatic rings. The molecule has 0 saturated carbocycles. The largest absolute Gasteiger partial charge is 0.312 e. The molecule has 0 heterocycles. The predicted octanol–water partition coefficient (Wildman–Crippen LogP) is 4.32. The van der Waals surface area contributed by atoms with Crippen molar-refractivity contribution in [3.05, 3.63) is 64.7 Å². The Hall–Kier alpha value is -0.960. The molecule has 0 radical (unpaired) electrons. The molecule has 2 atom stereocenters. The van der Waals surface area contributed by atoms with Gasteiger partial charge in [0.1, 0.15) is 0 Å². The van der Waals surface area contributed by atoms with Gasteiger partial charge in [0.25, 0.3) is 0 Å². The molecular formula is C16H16ClNS. The second-order valence-electron chi connectivity index (χ2n) is 4.78. The highest BCUT2D eigenvalue weighted by Crippen LogP contribution is 2.41. The average molecular weight is 290 g/mol. The number of hydrogen-bond donors (Lipinski definition) is 1. The van der Waals surface area contributed by atoms with Gasteiger partial charge in [0.15, 0.2) is 0 Å². The molecule has 0 aliphatic heterocycles. The minimum absolute atomic E-state index is 0.428. The molecule has 0 amide bonds. The lowest BCUT2D eigenvalue weighted by atomic mass is 10.1. The quantitative estimate of drug-likeness (QED) is 0.903. The number of nitrogens with one attached hydrogen (secondary N) is 1. The minimum Gasteiger partial charge on any atom is -0.312 e. The van der Waals surface area contributed by atoms with Crippen LogP contribution in [0.2, 0.25) is 5.02 Å². The SMILES string of the molecule is CNC1c2ccccc2CC1Sc1ccc(Cl)cc1. The lowest BCUT2D eigenvalue weighted by Crippen LogP contribution is -2.23. The monoisotopic (exact) mass is 289 g/mol. The fourth-order valence-electron chi connectivity index (χ4n) is 2.70. The van der Waals surface area contributed by atoms with Crippen LogP contribution in [0.4, 0.5) is 0 Å². The van der Waals surface area contributed by atoms with Crippen LogP contribution < -0.4 is 5.32 Å². The predicted molar refractivity (Wildman–Crippen MR) is 83.0 cm³/mol. The van der Waals surface area contributed by atoms with Crippen molar-refractivity contribution in [2.24, 2.45) is 0 Å². The Labute approximate surface area is 123 Å². The first-order valence-corrected chi connectivity index (χ1v) is 7.71. The topological polar surface area (TPSA) is 12.0 Å². The number of rotatable bonds is 3. The third-order valence-electron chi connectivity index (χ3n) is 3.60. The fraction of sp³-hybridized carbons (Fsp3) is 0.250. The van der Waals surface area contributed by atoms with Crippen LogP contribution in [-0.4, -0.2) is 12.3 Å². The first-order chi connectivity index (χ1) is 9.28. The molecule has 0 saturated heterocycles. The Kier molecular flexibility index (Phi) is 3.83. The van der Waals surface area contributed by atoms with Crippen LogP contribution in [0.15, 0.2) is 53.4 Å². The van der Waals surface area contributed by atoms with Gasteiger partial charge in [0.05, 0.1) is 0 Å². The number of thioether (sulfide) groups is 1. The van der Waals surface area contributed by atoms with E-state index >= 15 is 0 Å². The third kappa shape index (κ3) is 2.66. The molecule has 98 valence electrons. The molecular weight excluding hydrogens is 274 g/mol. The Balaban J connectivity index is 1.81. The summed E-state index contributed by atoms with van der Waals surface area (Å²) in [5.41, 5.74) is 2.91. The molecule has 2 aromatic carbocycles. The summed E-state index contributed by atoms with van der Waals surface area (Å²) in [5.74, 6) is 0. The summed E-state index contributed by atoms with van der Waals surface area (Å²) in [6, 6.07) is 17.3. The van der Waals surface area contributed by atoms with Gasteiger partial charge < -0.3 is 5.32 Å². The van der Waals surface area contributed by atoms with Crippen molar-refractivity contribution in [2.75, 3.05) is 7.05 Å². The van der Waals surface area contributed by atoms with Crippen LogP contribution in [0.25, 0.3) is 0 Å². The van der Waals surface area contributed by atoms with E-state index in [0.29, 0.717) is 11.3 Å². The molecule has 19 heavy (non-hydrogen) atoms. The maximum Gasteiger partial charge on any atom is 0.0447 e. The lowest BCUT2D eigenvalue weighted by molar-refractivity contribution is 0.603. The zero-order chi connectivity index (χ0) is 13.2. The van der Waals surface area contributed by atoms with Gasteiger partial charge >= 0.3 is 0 Å². The van der Waals surface area contributed by atoms with E-state index in [0.717, 1.165) is 11.4 Å². The van der Waals surface area contributed by atoms with Crippen molar-refractivity contribution in [3.8, 4) is 0 Å². The molecule has 0 bridgehead atoms. The van der Waals surface area contributed by atoms with Gasteiger partial charge in [-0.25, -0.2) is 0 Å². The summed E-state index contributed by atoms with van der Waals surface area (Å²) in [4.78, 5) is 1.28. The van der Waals surface area contributed by atoms with E-state index < -0.39 is 0 Å². The fourth-order valence-corrected chi connectivity index (χ4v) is 4.15. The van der Waals surface area contributed by atoms with Crippen LogP contribution in [0.3, 0.4) is 0 Å². The van der Waals surface area contributed by atoms with E-state index in [9.17, 15) is 0 Å². The summed E-state index contributed by atoms with van der Waals surface area (Å²) in [6.45, 7) is 0. The Bertz CT molecular complexity index is 567. The summed E-state index contributed by atoms with van der Waals surface area (Å²) in [5, 5.41) is 4.80. The van der Waals surface area contributed by atoms with Crippen LogP contribution in [-0.2, 0) is 6.42 Å². The van der Waals surface area contributed by atoms with Crippen LogP contribution in [0, 0.1) is 0 Å². The maximum absolute atomic E-state index is 5.94. The maximum atomic E-state index is 5.94. The van der Waals surface area contributed by atoms with Gasteiger partial charge in [-0.15, -0.1) is 11.8 Å². The molecule has 0 spiro atoms. The minimum atomic E-state index is 0.428. The Morgan fingerprint density at radius 1 is 1.11 bits per heavy atom. The highest BCUT2D eigenvalue weighted by Gasteiger charge is 2.31. The first-order valence-electron chi connectivity index (χ1n) is 6.45. The van der Waals surface area contributed by atoms with Crippen molar-refractivity contribution < 1.29 is 0 Å². The van der Waals surface area contributed by atoms with E-state index in [2.05, 4.69) is 41.7 Å². The van der Waals surface area contributed by atoms with Crippen molar-refractivity contribution in [2.45, 2.75) is 22.6 Å². The van der Waals surface area contributed by atoms with Gasteiger partial charge in [-0.1, -0.05) is 35.9 Å². The molecule has 1 aliphatic rings. The van der Waals surface area contributed by atoms with Crippen molar-refractivity contribution in [1.82, 2.24) is 5.32 Å². The number of benzene rings is 2. The number of fused-ring (bicyclic) bond motifs is 1. The smallest absolute Gasteiger partial charge is 0.0447 e. The van der Waals surface area contributed by atoms with E-state index in [1.165, 1.54) is 16.0 Å². The van der Waals surface area contributed by atoms with Crippen LogP contribution in [0.1, 0.15) is 17.2 Å². The number of hydrogen-bond acceptors (Lipinski definition) is 2. The Morgan fingerprint density at radius 2 is 1.84 bits per heavy atom. The second-order valence-corrected chi connectivity index (χ2v) is 6.53. The third-order valence-corrected chi connectivity index (χ3v) is 5.13. The Morgan fingerprint density at radius 3 is 2.58 bits per heavy atom. The van der Waals surface area contributed by atoms with E-state index in [1.54, 1.807) is 0 Å². The van der Waals surface area contributed by atoms with Gasteiger partial charge in [-0.3, -0.25) is 0 Å². The summed E-state index contributed by atoms with van der Waals surface area (Å²) in [6.07, 6.45) is 1.12. The normalized spacial score (nSPS) is 21.4. The number of halogens is 1. The molecule has 0 fully saturated rings. The van der Waals surface area contributed by atoms with Crippen molar-refractivity contribution in [3.63, 3.8) is 0 Å². The molecule has 1 aliphatic carbocycles. The summed E-state index contributed by atoms with van der Waals surface area (Å²) >= 11 is 7.86. The van der Waals surface area contributed by atoms with Gasteiger partial charge in [0, 0.05) is 21.2 Å². The van der Waals surface area contributed by atoms with Gasteiger partial charge in [-0.2, -0.15) is 0 Å². The highest BCUT2D eigenvalue weighted by molar-refractivity contribution is 8.00. The molecule has 0 aromatic heterocycles. The highest BCUT2D eigenvalue weighted by atomic mass is 35.5. The first kappa shape index (κ1) is 13.0. The van der Waals surface area contributed by atoms with Crippen molar-refractivity contribution >= 4 is 23.4 Å². The molecule has 2 unspecified atom stereocenters. The van der Waals surface area contributed by atoms with Crippen LogP contribution in [0.5, 0.6) is 0 Å². The molecule has 3 rings (SSSR count).